The third-order valence-electron chi connectivity index (χ3n) is 13.4. The van der Waals surface area contributed by atoms with Gasteiger partial charge in [0.1, 0.15) is 11.7 Å². The van der Waals surface area contributed by atoms with Gasteiger partial charge in [-0.05, 0) is 97.2 Å². The van der Waals surface area contributed by atoms with Gasteiger partial charge in [0, 0.05) is 28.0 Å². The smallest absolute Gasteiger partial charge is 0.146 e. The highest BCUT2D eigenvalue weighted by Crippen LogP contribution is 2.42. The Labute approximate surface area is 414 Å². The topological polar surface area (TPSA) is 33.4 Å². The van der Waals surface area contributed by atoms with E-state index in [0.717, 1.165) is 96.6 Å². The summed E-state index contributed by atoms with van der Waals surface area (Å²) in [7, 11) is 0. The van der Waals surface area contributed by atoms with Gasteiger partial charge in [0.15, 0.2) is 0 Å². The van der Waals surface area contributed by atoms with Gasteiger partial charge >= 0.3 is 0 Å². The van der Waals surface area contributed by atoms with Crippen molar-refractivity contribution in [1.82, 2.24) is 14.5 Å². The zero-order valence-corrected chi connectivity index (χ0v) is 41.0. The molecule has 70 heavy (non-hydrogen) atoms. The number of amidine groups is 1. The van der Waals surface area contributed by atoms with Gasteiger partial charge in [-0.2, -0.15) is 0 Å². The molecule has 0 N–H and O–H groups in total. The third kappa shape index (κ3) is 9.35. The Kier molecular flexibility index (Phi) is 13.6. The highest BCUT2D eigenvalue weighted by atomic mass is 15.2. The fourth-order valence-corrected chi connectivity index (χ4v) is 9.37. The van der Waals surface area contributed by atoms with Gasteiger partial charge in [-0.15, -0.1) is 12.8 Å². The quantitative estimate of drug-likeness (QED) is 0.0957. The van der Waals surface area contributed by atoms with Crippen molar-refractivity contribution in [3.8, 4) is 57.9 Å². The Morgan fingerprint density at radius 3 is 1.66 bits per heavy atom. The summed E-state index contributed by atoms with van der Waals surface area (Å²) in [5.41, 5.74) is 23.4. The molecule has 0 unspecified atom stereocenters. The summed E-state index contributed by atoms with van der Waals surface area (Å²) in [6.07, 6.45) is 8.98. The number of fused-ring (bicyclic) bond motifs is 1. The molecule has 0 atom stereocenters. The number of rotatable bonds is 11. The molecule has 0 aliphatic carbocycles. The molecule has 4 heteroatoms. The molecule has 8 aromatic carbocycles. The summed E-state index contributed by atoms with van der Waals surface area (Å²) < 4.78 is 2.27. The van der Waals surface area contributed by atoms with Crippen LogP contribution in [-0.2, 0) is 13.0 Å². The zero-order valence-electron chi connectivity index (χ0n) is 41.0. The number of benzene rings is 8. The molecule has 1 aliphatic heterocycles. The molecule has 0 saturated carbocycles. The lowest BCUT2D eigenvalue weighted by Gasteiger charge is -2.34. The van der Waals surface area contributed by atoms with Crippen molar-refractivity contribution in [2.45, 2.75) is 54.5 Å². The number of aromatic nitrogens is 2. The molecular formula is C66H58N4. The van der Waals surface area contributed by atoms with Gasteiger partial charge in [0.2, 0.25) is 0 Å². The highest BCUT2D eigenvalue weighted by Gasteiger charge is 2.28. The second kappa shape index (κ2) is 20.4. The van der Waals surface area contributed by atoms with E-state index in [1.165, 1.54) is 39.0 Å². The Morgan fingerprint density at radius 2 is 1.04 bits per heavy atom. The van der Waals surface area contributed by atoms with Crippen LogP contribution in [0.5, 0.6) is 0 Å². The number of aliphatic imine (C=N–C) groups is 1. The first-order valence-corrected chi connectivity index (χ1v) is 24.0. The van der Waals surface area contributed by atoms with Gasteiger partial charge in [0.05, 0.1) is 29.3 Å². The Bertz CT molecular complexity index is 3400. The van der Waals surface area contributed by atoms with Crippen LogP contribution in [0.2, 0.25) is 0 Å². The molecule has 4 nitrogen and oxygen atoms in total. The molecule has 10 rings (SSSR count). The van der Waals surface area contributed by atoms with Crippen molar-refractivity contribution < 1.29 is 0 Å². The van der Waals surface area contributed by atoms with E-state index in [2.05, 4.69) is 258 Å². The predicted molar refractivity (Wildman–Crippen MR) is 297 cm³/mol. The lowest BCUT2D eigenvalue weighted by molar-refractivity contribution is 0.570. The summed E-state index contributed by atoms with van der Waals surface area (Å²) >= 11 is 0. The zero-order chi connectivity index (χ0) is 48.9. The van der Waals surface area contributed by atoms with Crippen molar-refractivity contribution in [3.05, 3.63) is 256 Å². The first-order valence-electron chi connectivity index (χ1n) is 24.0. The van der Waals surface area contributed by atoms with Gasteiger partial charge in [0.25, 0.3) is 0 Å². The Balaban J connectivity index is 0.00000300. The summed E-state index contributed by atoms with van der Waals surface area (Å²) in [5.74, 6) is 1.80. The highest BCUT2D eigenvalue weighted by molar-refractivity contribution is 6.09. The molecule has 0 radical (unpaired) electrons. The molecule has 0 spiro atoms. The van der Waals surface area contributed by atoms with Crippen LogP contribution in [0.25, 0.3) is 62.0 Å². The van der Waals surface area contributed by atoms with Gasteiger partial charge < -0.3 is 4.90 Å². The number of hydrogen-bond donors (Lipinski definition) is 0. The van der Waals surface area contributed by atoms with Crippen LogP contribution in [0.1, 0.15) is 69.5 Å². The molecule has 342 valence electrons. The summed E-state index contributed by atoms with van der Waals surface area (Å²) in [6.45, 7) is 18.5. The van der Waals surface area contributed by atoms with Crippen LogP contribution in [-0.4, -0.2) is 20.3 Å². The monoisotopic (exact) mass is 906 g/mol. The van der Waals surface area contributed by atoms with Crippen molar-refractivity contribution in [3.63, 3.8) is 0 Å². The maximum atomic E-state index is 5.49. The second-order valence-corrected chi connectivity index (χ2v) is 18.2. The standard InChI is InChI=1S/C64H56N4.C2H2/c1-8-48-23-31-53(32-24-48)60-62(55-29-21-44(4)22-30-55)68(64(66-60)58-15-11-9-13-45(58)5)47(7)50-33-35-51(36-34-50)52-37-39-56(40-38-52)63-65-59-16-12-10-14-57(59)41-67(63)61(54-27-19-43(3)20-28-54)46(6)49-25-17-42(2)18-26-49;1-2/h9-40H,7-8,41H2,1-6H3;1-2H/b61-46+;. The molecule has 0 fully saturated rings. The van der Waals surface area contributed by atoms with E-state index < -0.39 is 0 Å². The summed E-state index contributed by atoms with van der Waals surface area (Å²) in [4.78, 5) is 13.3. The van der Waals surface area contributed by atoms with Crippen LogP contribution in [0.15, 0.2) is 206 Å². The number of aryl methyl sites for hydroxylation is 5. The first kappa shape index (κ1) is 46.6. The van der Waals surface area contributed by atoms with E-state index in [1.54, 1.807) is 0 Å². The molecule has 0 bridgehead atoms. The minimum Gasteiger partial charge on any atom is -0.321 e. The van der Waals surface area contributed by atoms with E-state index in [4.69, 9.17) is 16.6 Å². The number of nitrogens with zero attached hydrogens (tertiary/aromatic N) is 4. The van der Waals surface area contributed by atoms with E-state index in [9.17, 15) is 0 Å². The second-order valence-electron chi connectivity index (χ2n) is 18.2. The SMILES string of the molecule is C#C.C=C(c1ccc(-c2ccc(C3=Nc4ccccc4CN3/C(=C(\C)c3ccc(C)cc3)c3ccc(C)cc3)cc2)cc1)n1c(-c2ccccc2C)nc(-c2ccc(CC)cc2)c1-c1ccc(C)cc1. The number of para-hydroxylation sites is 1. The minimum absolute atomic E-state index is 0.704. The fraction of sp³-hybridized carbons (Fsp3) is 0.121. The first-order chi connectivity index (χ1) is 34.1. The van der Waals surface area contributed by atoms with Crippen molar-refractivity contribution >= 4 is 28.5 Å². The van der Waals surface area contributed by atoms with Gasteiger partial charge in [-0.3, -0.25) is 4.57 Å². The average Bonchev–Trinajstić information content (AvgIpc) is 3.80. The molecule has 1 aliphatic rings. The Hall–Kier alpha value is -8.52. The largest absolute Gasteiger partial charge is 0.321 e. The molecule has 2 heterocycles. The van der Waals surface area contributed by atoms with Crippen LogP contribution in [0.3, 0.4) is 0 Å². The van der Waals surface area contributed by atoms with E-state index in [0.29, 0.717) is 6.54 Å². The average molecular weight is 907 g/mol. The molecule has 1 aromatic heterocycles. The van der Waals surface area contributed by atoms with E-state index in [-0.39, 0.29) is 0 Å². The molecule has 0 saturated heterocycles. The van der Waals surface area contributed by atoms with Crippen LogP contribution >= 0.6 is 0 Å². The third-order valence-corrected chi connectivity index (χ3v) is 13.4. The van der Waals surface area contributed by atoms with Gasteiger partial charge in [-0.25, -0.2) is 9.98 Å². The molecular weight excluding hydrogens is 849 g/mol. The number of imidazole rings is 1. The van der Waals surface area contributed by atoms with Crippen molar-refractivity contribution in [2.75, 3.05) is 0 Å². The lowest BCUT2D eigenvalue weighted by Crippen LogP contribution is -2.32. The number of terminal acetylenes is 1. The maximum absolute atomic E-state index is 5.49. The van der Waals surface area contributed by atoms with Crippen molar-refractivity contribution in [1.29, 1.82) is 0 Å². The normalized spacial score (nSPS) is 12.3. The van der Waals surface area contributed by atoms with Gasteiger partial charge in [-0.1, -0.05) is 218 Å². The summed E-state index contributed by atoms with van der Waals surface area (Å²) in [5, 5.41) is 0. The number of hydrogen-bond acceptors (Lipinski definition) is 3. The van der Waals surface area contributed by atoms with E-state index in [1.807, 2.05) is 0 Å². The Morgan fingerprint density at radius 1 is 0.543 bits per heavy atom. The maximum Gasteiger partial charge on any atom is 0.146 e. The van der Waals surface area contributed by atoms with E-state index >= 15 is 0 Å². The molecule has 0 amide bonds. The predicted octanol–water partition coefficient (Wildman–Crippen LogP) is 16.6. The lowest BCUT2D eigenvalue weighted by atomic mass is 9.96. The van der Waals surface area contributed by atoms with Crippen LogP contribution < -0.4 is 0 Å². The fourth-order valence-electron chi connectivity index (χ4n) is 9.37. The van der Waals surface area contributed by atoms with Crippen LogP contribution in [0, 0.1) is 40.5 Å². The molecule has 9 aromatic rings. The van der Waals surface area contributed by atoms with Crippen LogP contribution in [0.4, 0.5) is 5.69 Å². The van der Waals surface area contributed by atoms with Crippen molar-refractivity contribution in [2.24, 2.45) is 4.99 Å². The minimum atomic E-state index is 0.704. The summed E-state index contributed by atoms with van der Waals surface area (Å²) in [6, 6.07) is 70.0. The number of allylic oxidation sites excluding steroid dienone is 1.